The van der Waals surface area contributed by atoms with Crippen LogP contribution in [0.3, 0.4) is 0 Å². The lowest BCUT2D eigenvalue weighted by atomic mass is 10.0. The zero-order valence-electron chi connectivity index (χ0n) is 16.7. The minimum absolute atomic E-state index is 0.178. The Morgan fingerprint density at radius 1 is 1.30 bits per heavy atom. The normalized spacial score (nSPS) is 17.4. The van der Waals surface area contributed by atoms with E-state index in [0.717, 1.165) is 16.4 Å². The van der Waals surface area contributed by atoms with Crippen molar-refractivity contribution in [2.45, 2.75) is 55.3 Å². The Hall–Kier alpha value is -2.60. The molecule has 1 aliphatic carbocycles. The summed E-state index contributed by atoms with van der Waals surface area (Å²) in [7, 11) is 0. The smallest absolute Gasteiger partial charge is 0.243 e. The van der Waals surface area contributed by atoms with Crippen molar-refractivity contribution in [1.82, 2.24) is 10.0 Å². The fraction of sp³-hybridized carbons (Fsp3) is 0.364. The second-order valence-electron chi connectivity index (χ2n) is 8.30. The first kappa shape index (κ1) is 20.7. The molecule has 0 aliphatic heterocycles. The molecule has 0 saturated heterocycles. The van der Waals surface area contributed by atoms with Gasteiger partial charge in [0.2, 0.25) is 5.91 Å². The summed E-state index contributed by atoms with van der Waals surface area (Å²) in [6, 6.07) is 13.7. The molecule has 1 aliphatic rings. The molecular weight excluding hydrogens is 405 g/mol. The number of rotatable bonds is 7. The van der Waals surface area contributed by atoms with E-state index in [1.807, 2.05) is 24.3 Å². The molecule has 3 aromatic rings. The highest BCUT2D eigenvalue weighted by molar-refractivity contribution is 7.89. The Bertz CT molecular complexity index is 1140. The minimum atomic E-state index is -1.76. The third-order valence-corrected chi connectivity index (χ3v) is 6.32. The summed E-state index contributed by atoms with van der Waals surface area (Å²) in [5, 5.41) is 13.6. The maximum absolute atomic E-state index is 14.3. The van der Waals surface area contributed by atoms with Gasteiger partial charge >= 0.3 is 0 Å². The van der Waals surface area contributed by atoms with Crippen LogP contribution in [0.4, 0.5) is 4.39 Å². The van der Waals surface area contributed by atoms with Crippen LogP contribution in [0.1, 0.15) is 33.1 Å². The van der Waals surface area contributed by atoms with Crippen molar-refractivity contribution in [3.05, 3.63) is 42.5 Å². The molecule has 1 fully saturated rings. The maximum Gasteiger partial charge on any atom is 0.243 e. The van der Waals surface area contributed by atoms with Crippen LogP contribution in [0.5, 0.6) is 0 Å². The van der Waals surface area contributed by atoms with E-state index in [4.69, 9.17) is 4.42 Å². The van der Waals surface area contributed by atoms with E-state index in [2.05, 4.69) is 16.1 Å². The van der Waals surface area contributed by atoms with Crippen molar-refractivity contribution < 1.29 is 18.2 Å². The standard InChI is InChI=1S/C22H22FN3O3S/c1-21(2,23)12-17(20(27)25-22(13-24)9-10-22)26-30(28)14-7-8-19-16(11-14)15-5-3-4-6-18(15)29-19/h3-8,11,17,26H,9-10,12H2,1-2H3,(H,25,27). The number of alkyl halides is 1. The number of nitriles is 1. The van der Waals surface area contributed by atoms with Gasteiger partial charge in [0, 0.05) is 23.3 Å². The van der Waals surface area contributed by atoms with E-state index in [0.29, 0.717) is 23.3 Å². The predicted molar refractivity (Wildman–Crippen MR) is 113 cm³/mol. The zero-order chi connectivity index (χ0) is 21.5. The molecule has 0 bridgehead atoms. The van der Waals surface area contributed by atoms with Gasteiger partial charge in [-0.15, -0.1) is 4.72 Å². The van der Waals surface area contributed by atoms with E-state index in [9.17, 15) is 19.0 Å². The van der Waals surface area contributed by atoms with Crippen LogP contribution < -0.4 is 10.0 Å². The summed E-state index contributed by atoms with van der Waals surface area (Å²) >= 11 is -1.76. The molecule has 1 saturated carbocycles. The Labute approximate surface area is 176 Å². The summed E-state index contributed by atoms with van der Waals surface area (Å²) in [6.45, 7) is 2.72. The van der Waals surface area contributed by atoms with E-state index >= 15 is 0 Å². The number of hydrogen-bond acceptors (Lipinski definition) is 5. The molecule has 8 heteroatoms. The zero-order valence-corrected chi connectivity index (χ0v) is 17.5. The molecule has 1 heterocycles. The number of nitrogens with one attached hydrogen (secondary N) is 2. The molecule has 2 N–H and O–H groups in total. The average molecular weight is 428 g/mol. The molecule has 2 unspecified atom stereocenters. The number of amides is 1. The Morgan fingerprint density at radius 2 is 2.00 bits per heavy atom. The molecule has 1 amide bonds. The molecule has 6 nitrogen and oxygen atoms in total. The Balaban J connectivity index is 1.58. The topological polar surface area (TPSA) is 101 Å². The fourth-order valence-corrected chi connectivity index (χ4v) is 4.41. The summed E-state index contributed by atoms with van der Waals surface area (Å²) in [5.74, 6) is -0.525. The van der Waals surface area contributed by atoms with Crippen molar-refractivity contribution in [1.29, 1.82) is 5.26 Å². The van der Waals surface area contributed by atoms with Crippen LogP contribution in [0.25, 0.3) is 21.9 Å². The molecule has 30 heavy (non-hydrogen) atoms. The van der Waals surface area contributed by atoms with Gasteiger partial charge in [-0.2, -0.15) is 5.26 Å². The van der Waals surface area contributed by atoms with Crippen molar-refractivity contribution in [2.24, 2.45) is 0 Å². The van der Waals surface area contributed by atoms with Gasteiger partial charge in [0.25, 0.3) is 0 Å². The molecule has 4 rings (SSSR count). The number of fused-ring (bicyclic) bond motifs is 3. The SMILES string of the molecule is CC(C)(F)CC(N[S+]([O-])c1ccc2oc3ccccc3c2c1)C(=O)NC1(C#N)CC1. The first-order valence-corrected chi connectivity index (χ1v) is 10.9. The van der Waals surface area contributed by atoms with Gasteiger partial charge in [0.1, 0.15) is 28.4 Å². The average Bonchev–Trinajstić information content (AvgIpc) is 3.37. The molecule has 1 aromatic heterocycles. The van der Waals surface area contributed by atoms with Gasteiger partial charge in [0.15, 0.2) is 4.90 Å². The number of benzene rings is 2. The van der Waals surface area contributed by atoms with Crippen LogP contribution in [0, 0.1) is 11.3 Å². The second-order valence-corrected chi connectivity index (χ2v) is 9.55. The number of furan rings is 1. The van der Waals surface area contributed by atoms with E-state index in [1.54, 1.807) is 18.2 Å². The van der Waals surface area contributed by atoms with Gasteiger partial charge < -0.3 is 14.3 Å². The van der Waals surface area contributed by atoms with Crippen molar-refractivity contribution >= 4 is 39.2 Å². The van der Waals surface area contributed by atoms with Crippen LogP contribution in [0.2, 0.25) is 0 Å². The lowest BCUT2D eigenvalue weighted by Crippen LogP contribution is -2.52. The largest absolute Gasteiger partial charge is 0.593 e. The second kappa shape index (κ2) is 7.58. The van der Waals surface area contributed by atoms with E-state index < -0.39 is 34.5 Å². The lowest BCUT2D eigenvalue weighted by Gasteiger charge is -2.24. The minimum Gasteiger partial charge on any atom is -0.593 e. The van der Waals surface area contributed by atoms with Crippen molar-refractivity contribution in [3.63, 3.8) is 0 Å². The van der Waals surface area contributed by atoms with Gasteiger partial charge in [-0.05, 0) is 44.9 Å². The fourth-order valence-electron chi connectivity index (χ4n) is 3.40. The van der Waals surface area contributed by atoms with Gasteiger partial charge in [0.05, 0.1) is 17.4 Å². The molecule has 156 valence electrons. The van der Waals surface area contributed by atoms with Gasteiger partial charge in [-0.3, -0.25) is 4.79 Å². The summed E-state index contributed by atoms with van der Waals surface area (Å²) in [6.07, 6.45) is 0.950. The highest BCUT2D eigenvalue weighted by Crippen LogP contribution is 2.35. The number of carbonyl (C=O) groups is 1. The number of halogens is 1. The molecule has 2 aromatic carbocycles. The number of carbonyl (C=O) groups excluding carboxylic acids is 1. The number of nitrogens with zero attached hydrogens (tertiary/aromatic N) is 1. The molecule has 2 atom stereocenters. The van der Waals surface area contributed by atoms with Gasteiger partial charge in [-0.1, -0.05) is 18.2 Å². The molecule has 0 radical (unpaired) electrons. The van der Waals surface area contributed by atoms with Crippen LogP contribution in [-0.4, -0.2) is 27.7 Å². The summed E-state index contributed by atoms with van der Waals surface area (Å²) in [5.41, 5.74) is -1.15. The van der Waals surface area contributed by atoms with E-state index in [-0.39, 0.29) is 6.42 Å². The van der Waals surface area contributed by atoms with Crippen LogP contribution >= 0.6 is 0 Å². The van der Waals surface area contributed by atoms with Crippen molar-refractivity contribution in [3.8, 4) is 6.07 Å². The highest BCUT2D eigenvalue weighted by atomic mass is 32.2. The van der Waals surface area contributed by atoms with Crippen LogP contribution in [-0.2, 0) is 16.2 Å². The third-order valence-electron chi connectivity index (χ3n) is 5.14. The third kappa shape index (κ3) is 4.29. The maximum atomic E-state index is 14.3. The first-order valence-electron chi connectivity index (χ1n) is 9.71. The summed E-state index contributed by atoms with van der Waals surface area (Å²) < 4.78 is 35.9. The predicted octanol–water partition coefficient (Wildman–Crippen LogP) is 3.88. The molecule has 0 spiro atoms. The molecular formula is C22H22FN3O3S. The lowest BCUT2D eigenvalue weighted by molar-refractivity contribution is -0.124. The Morgan fingerprint density at radius 3 is 2.67 bits per heavy atom. The number of hydrogen-bond donors (Lipinski definition) is 2. The first-order chi connectivity index (χ1) is 14.2. The number of para-hydroxylation sites is 1. The summed E-state index contributed by atoms with van der Waals surface area (Å²) in [4.78, 5) is 13.2. The highest BCUT2D eigenvalue weighted by Gasteiger charge is 2.46. The van der Waals surface area contributed by atoms with E-state index in [1.165, 1.54) is 13.8 Å². The Kier molecular flexibility index (Phi) is 5.22. The van der Waals surface area contributed by atoms with Gasteiger partial charge in [-0.25, -0.2) is 4.39 Å². The van der Waals surface area contributed by atoms with Crippen LogP contribution in [0.15, 0.2) is 51.8 Å². The quantitative estimate of drug-likeness (QED) is 0.557. The van der Waals surface area contributed by atoms with Crippen molar-refractivity contribution in [2.75, 3.05) is 0 Å². The monoisotopic (exact) mass is 427 g/mol.